The third-order valence-electron chi connectivity index (χ3n) is 8.10. The molecule has 3 aromatic rings. The topological polar surface area (TPSA) is 139 Å². The number of benzene rings is 2. The first-order valence-electron chi connectivity index (χ1n) is 15.7. The van der Waals surface area contributed by atoms with Gasteiger partial charge in [0.15, 0.2) is 5.82 Å². The molecule has 0 aliphatic carbocycles. The molecule has 0 spiro atoms. The van der Waals surface area contributed by atoms with Crippen LogP contribution in [0.2, 0.25) is 5.02 Å². The van der Waals surface area contributed by atoms with Gasteiger partial charge >= 0.3 is 0 Å². The van der Waals surface area contributed by atoms with E-state index >= 15 is 0 Å². The summed E-state index contributed by atoms with van der Waals surface area (Å²) < 4.78 is 24.1. The summed E-state index contributed by atoms with van der Waals surface area (Å²) in [5, 5.41) is 9.03. The molecule has 4 rings (SSSR count). The van der Waals surface area contributed by atoms with E-state index in [1.165, 1.54) is 13.2 Å². The normalized spacial score (nSPS) is 14.9. The van der Waals surface area contributed by atoms with E-state index in [9.17, 15) is 18.8 Å². The van der Waals surface area contributed by atoms with Crippen molar-refractivity contribution in [3.8, 4) is 11.1 Å². The van der Waals surface area contributed by atoms with Crippen LogP contribution in [0.5, 0.6) is 0 Å². The maximum atomic E-state index is 15.0. The van der Waals surface area contributed by atoms with Gasteiger partial charge in [0.05, 0.1) is 35.0 Å². The molecule has 0 fully saturated rings. The second-order valence-electron chi connectivity index (χ2n) is 11.2. The molecule has 13 heteroatoms. The molecule has 2 unspecified atom stereocenters. The second-order valence-corrected chi connectivity index (χ2v) is 11.6. The zero-order chi connectivity index (χ0) is 35.1. The van der Waals surface area contributed by atoms with Gasteiger partial charge in [0, 0.05) is 57.2 Å². The molecule has 2 aromatic carbocycles. The van der Waals surface area contributed by atoms with Crippen LogP contribution in [0.25, 0.3) is 11.1 Å². The summed E-state index contributed by atoms with van der Waals surface area (Å²) >= 11 is 6.02. The van der Waals surface area contributed by atoms with E-state index in [0.717, 1.165) is 29.7 Å². The molecule has 1 aliphatic rings. The van der Waals surface area contributed by atoms with Crippen LogP contribution < -0.4 is 16.0 Å². The first-order valence-corrected chi connectivity index (χ1v) is 16.1. The molecule has 1 aromatic heterocycles. The highest BCUT2D eigenvalue weighted by molar-refractivity contribution is 6.30. The predicted molar refractivity (Wildman–Crippen MR) is 184 cm³/mol. The Labute approximate surface area is 285 Å². The second kappa shape index (κ2) is 19.2. The summed E-state index contributed by atoms with van der Waals surface area (Å²) in [6.07, 6.45) is 4.81. The molecule has 2 atom stereocenters. The Kier molecular flexibility index (Phi) is 15.1. The fourth-order valence-corrected chi connectivity index (χ4v) is 5.78. The average Bonchev–Trinajstić information content (AvgIpc) is 3.10. The number of carbonyl (C=O) groups excluding carboxylic acids is 4. The third-order valence-corrected chi connectivity index (χ3v) is 8.39. The maximum Gasteiger partial charge on any atom is 0.293 e. The maximum absolute atomic E-state index is 15.0. The van der Waals surface area contributed by atoms with Gasteiger partial charge in [-0.1, -0.05) is 30.5 Å². The molecule has 0 radical (unpaired) electrons. The number of halogens is 2. The largest absolute Gasteiger partial charge is 0.471 e. The molecular weight excluding hydrogens is 641 g/mol. The highest BCUT2D eigenvalue weighted by Gasteiger charge is 2.27. The lowest BCUT2D eigenvalue weighted by Gasteiger charge is -2.25. The first-order chi connectivity index (χ1) is 23.2. The van der Waals surface area contributed by atoms with Crippen molar-refractivity contribution in [3.05, 3.63) is 70.8 Å². The van der Waals surface area contributed by atoms with Gasteiger partial charge in [-0.2, -0.15) is 0 Å². The number of rotatable bonds is 11. The van der Waals surface area contributed by atoms with E-state index < -0.39 is 17.8 Å². The van der Waals surface area contributed by atoms with E-state index in [-0.39, 0.29) is 28.8 Å². The van der Waals surface area contributed by atoms with Gasteiger partial charge in [0.2, 0.25) is 11.8 Å². The van der Waals surface area contributed by atoms with Crippen molar-refractivity contribution < 1.29 is 33.0 Å². The van der Waals surface area contributed by atoms with E-state index in [2.05, 4.69) is 25.7 Å². The number of amides is 2. The number of aromatic nitrogens is 1. The summed E-state index contributed by atoms with van der Waals surface area (Å²) in [5.41, 5.74) is 4.57. The Morgan fingerprint density at radius 1 is 1.12 bits per heavy atom. The standard InChI is InChI=1S/C33H39ClFN5O4.C2H4O2/c1-36-22-11-12-23-21-15-16-38-27(18-21)24(8-5-4-6-10-30(42)39-28(23)19-22)33(43)40(3)17-7-9-29(44-20-41)31-26(37-2)14-13-25(34)32(31)35;1-4-2-3/h11-16,18-20,24,29,36-37H,4-10,17H2,1-3H3,(H,39,42);2H,1H3. The Balaban J connectivity index is 0.00000148. The molecule has 2 bridgehead atoms. The summed E-state index contributed by atoms with van der Waals surface area (Å²) in [5.74, 6) is -1.25. The van der Waals surface area contributed by atoms with Crippen LogP contribution in [0.15, 0.2) is 48.7 Å². The summed E-state index contributed by atoms with van der Waals surface area (Å²) in [4.78, 5) is 53.1. The number of carbonyl (C=O) groups is 4. The van der Waals surface area contributed by atoms with E-state index in [0.29, 0.717) is 62.2 Å². The Hall–Kier alpha value is -4.71. The smallest absolute Gasteiger partial charge is 0.293 e. The van der Waals surface area contributed by atoms with E-state index in [1.54, 1.807) is 31.3 Å². The van der Waals surface area contributed by atoms with E-state index in [1.807, 2.05) is 37.4 Å². The minimum Gasteiger partial charge on any atom is -0.471 e. The van der Waals surface area contributed by atoms with Crippen LogP contribution in [-0.2, 0) is 28.7 Å². The van der Waals surface area contributed by atoms with Crippen molar-refractivity contribution in [1.82, 2.24) is 9.88 Å². The fraction of sp³-hybridized carbons (Fsp3) is 0.400. The Morgan fingerprint density at radius 2 is 1.90 bits per heavy atom. The minimum atomic E-state index is -0.874. The predicted octanol–water partition coefficient (Wildman–Crippen LogP) is 6.55. The van der Waals surface area contributed by atoms with Gasteiger partial charge in [-0.15, -0.1) is 0 Å². The van der Waals surface area contributed by atoms with Crippen LogP contribution in [0.4, 0.5) is 21.5 Å². The van der Waals surface area contributed by atoms with Gasteiger partial charge in [-0.25, -0.2) is 4.39 Å². The first kappa shape index (κ1) is 37.7. The third kappa shape index (κ3) is 10.1. The molecular formula is C35H43ClFN5O6. The fourth-order valence-electron chi connectivity index (χ4n) is 5.62. The molecule has 3 N–H and O–H groups in total. The number of likely N-dealkylation sites (N-methyl/N-ethyl adjacent to an activating group) is 1. The van der Waals surface area contributed by atoms with Gasteiger partial charge in [0.25, 0.3) is 12.9 Å². The number of ether oxygens (including phenoxy) is 2. The zero-order valence-electron chi connectivity index (χ0n) is 27.7. The van der Waals surface area contributed by atoms with Crippen molar-refractivity contribution in [2.75, 3.05) is 50.7 Å². The van der Waals surface area contributed by atoms with Crippen LogP contribution in [-0.4, -0.2) is 69.4 Å². The number of fused-ring (bicyclic) bond motifs is 4. The van der Waals surface area contributed by atoms with Gasteiger partial charge in [-0.3, -0.25) is 24.2 Å². The lowest BCUT2D eigenvalue weighted by atomic mass is 9.93. The quantitative estimate of drug-likeness (QED) is 0.192. The average molecular weight is 684 g/mol. The zero-order valence-corrected chi connectivity index (χ0v) is 28.4. The SMILES string of the molecule is CNc1ccc2c(c1)NC(=O)CCCCCC(C(=O)N(C)CCCC(OC=O)c1c(NC)ccc(Cl)c1F)c1cc-2ccn1.COC=O. The number of nitrogens with one attached hydrogen (secondary N) is 3. The van der Waals surface area contributed by atoms with Crippen LogP contribution in [0.1, 0.15) is 68.2 Å². The van der Waals surface area contributed by atoms with Crippen molar-refractivity contribution in [1.29, 1.82) is 0 Å². The number of hydrogen-bond acceptors (Lipinski definition) is 9. The van der Waals surface area contributed by atoms with Crippen LogP contribution in [0.3, 0.4) is 0 Å². The lowest BCUT2D eigenvalue weighted by Crippen LogP contribution is -2.33. The van der Waals surface area contributed by atoms with Crippen LogP contribution in [0, 0.1) is 5.82 Å². The van der Waals surface area contributed by atoms with Crippen LogP contribution >= 0.6 is 11.6 Å². The molecule has 11 nitrogen and oxygen atoms in total. The number of hydrogen-bond donors (Lipinski definition) is 3. The molecule has 0 saturated carbocycles. The summed E-state index contributed by atoms with van der Waals surface area (Å²) in [6, 6.07) is 12.7. The highest BCUT2D eigenvalue weighted by atomic mass is 35.5. The van der Waals surface area contributed by atoms with Crippen molar-refractivity contribution >= 4 is 53.4 Å². The van der Waals surface area contributed by atoms with Crippen molar-refractivity contribution in [2.45, 2.75) is 57.0 Å². The van der Waals surface area contributed by atoms with Gasteiger partial charge in [0.1, 0.15) is 6.10 Å². The van der Waals surface area contributed by atoms with E-state index in [4.69, 9.17) is 21.1 Å². The van der Waals surface area contributed by atoms with Gasteiger partial charge < -0.3 is 30.3 Å². The number of anilines is 3. The molecule has 2 heterocycles. The van der Waals surface area contributed by atoms with Crippen molar-refractivity contribution in [2.24, 2.45) is 0 Å². The molecule has 0 saturated heterocycles. The number of methoxy groups -OCH3 is 1. The molecule has 2 amide bonds. The summed E-state index contributed by atoms with van der Waals surface area (Å²) in [6.45, 7) is 1.03. The number of pyridine rings is 1. The molecule has 1 aliphatic heterocycles. The highest BCUT2D eigenvalue weighted by Crippen LogP contribution is 2.36. The number of nitrogens with zero attached hydrogens (tertiary/aromatic N) is 2. The monoisotopic (exact) mass is 683 g/mol. The van der Waals surface area contributed by atoms with Crippen molar-refractivity contribution in [3.63, 3.8) is 0 Å². The minimum absolute atomic E-state index is 0.0447. The Bertz CT molecular complexity index is 1560. The Morgan fingerprint density at radius 3 is 2.58 bits per heavy atom. The lowest BCUT2D eigenvalue weighted by molar-refractivity contribution is -0.135. The molecule has 258 valence electrons. The van der Waals surface area contributed by atoms with Gasteiger partial charge in [-0.05, 0) is 67.6 Å². The summed E-state index contributed by atoms with van der Waals surface area (Å²) in [7, 11) is 6.52. The molecule has 48 heavy (non-hydrogen) atoms.